The van der Waals surface area contributed by atoms with E-state index in [0.29, 0.717) is 10.8 Å². The maximum atomic E-state index is 12.8. The maximum absolute atomic E-state index is 12.8. The first-order valence-electron chi connectivity index (χ1n) is 7.73. The first-order valence-corrected chi connectivity index (χ1v) is 10.0. The summed E-state index contributed by atoms with van der Waals surface area (Å²) >= 11 is 1.32. The topological polar surface area (TPSA) is 49.4 Å². The van der Waals surface area contributed by atoms with Gasteiger partial charge in [0.15, 0.2) is 0 Å². The van der Waals surface area contributed by atoms with E-state index in [9.17, 15) is 8.42 Å². The van der Waals surface area contributed by atoms with Crippen molar-refractivity contribution in [2.24, 2.45) is 0 Å². The molecule has 0 aromatic carbocycles. The highest BCUT2D eigenvalue weighted by Crippen LogP contribution is 2.25. The molecule has 4 nitrogen and oxygen atoms in total. The Morgan fingerprint density at radius 3 is 2.57 bits per heavy atom. The number of unbranched alkanes of at least 4 members (excludes halogenated alkanes) is 2. The van der Waals surface area contributed by atoms with Gasteiger partial charge in [-0.05, 0) is 43.8 Å². The van der Waals surface area contributed by atoms with Gasteiger partial charge in [-0.3, -0.25) is 0 Å². The second-order valence-electron chi connectivity index (χ2n) is 5.47. The van der Waals surface area contributed by atoms with Gasteiger partial charge in [-0.2, -0.15) is 4.31 Å². The van der Waals surface area contributed by atoms with E-state index in [0.717, 1.165) is 37.9 Å². The van der Waals surface area contributed by atoms with Crippen LogP contribution < -0.4 is 5.32 Å². The van der Waals surface area contributed by atoms with Crippen LogP contribution in [0.25, 0.3) is 0 Å². The van der Waals surface area contributed by atoms with Crippen molar-refractivity contribution < 1.29 is 8.42 Å². The van der Waals surface area contributed by atoms with Gasteiger partial charge in [0, 0.05) is 19.1 Å². The van der Waals surface area contributed by atoms with E-state index >= 15 is 0 Å². The van der Waals surface area contributed by atoms with E-state index in [1.54, 1.807) is 10.4 Å². The van der Waals surface area contributed by atoms with E-state index in [2.05, 4.69) is 12.2 Å². The predicted octanol–water partition coefficient (Wildman–Crippen LogP) is 3.45. The van der Waals surface area contributed by atoms with Gasteiger partial charge in [-0.15, -0.1) is 11.3 Å². The van der Waals surface area contributed by atoms with Crippen LogP contribution in [0.4, 0.5) is 0 Å². The van der Waals surface area contributed by atoms with Crippen molar-refractivity contribution in [3.63, 3.8) is 0 Å². The summed E-state index contributed by atoms with van der Waals surface area (Å²) in [5, 5.41) is 5.15. The highest BCUT2D eigenvalue weighted by Gasteiger charge is 2.27. The highest BCUT2D eigenvalue weighted by molar-refractivity contribution is 7.91. The Kier molecular flexibility index (Phi) is 7.87. The van der Waals surface area contributed by atoms with Crippen molar-refractivity contribution in [2.45, 2.75) is 63.8 Å². The Hall–Kier alpha value is -0.430. The number of nitrogens with zero attached hydrogens (tertiary/aromatic N) is 1. The van der Waals surface area contributed by atoms with Crippen molar-refractivity contribution in [3.8, 4) is 0 Å². The largest absolute Gasteiger partial charge is 0.313 e. The van der Waals surface area contributed by atoms with Crippen molar-refractivity contribution in [2.75, 3.05) is 13.1 Å². The lowest BCUT2D eigenvalue weighted by molar-refractivity contribution is 0.346. The summed E-state index contributed by atoms with van der Waals surface area (Å²) in [4.78, 5) is 0. The third-order valence-electron chi connectivity index (χ3n) is 3.33. The second kappa shape index (κ2) is 8.88. The molecule has 0 atom stereocenters. The molecule has 0 aliphatic rings. The molecule has 1 rings (SSSR count). The minimum atomic E-state index is -3.36. The van der Waals surface area contributed by atoms with Crippen LogP contribution in [0, 0.1) is 0 Å². The van der Waals surface area contributed by atoms with Crippen LogP contribution in [-0.2, 0) is 16.6 Å². The van der Waals surface area contributed by atoms with E-state index in [1.807, 2.05) is 26.2 Å². The molecule has 21 heavy (non-hydrogen) atoms. The number of thiophene rings is 1. The van der Waals surface area contributed by atoms with E-state index < -0.39 is 10.0 Å². The van der Waals surface area contributed by atoms with Crippen LogP contribution in [-0.4, -0.2) is 31.9 Å². The standard InChI is InChI=1S/C15H28N2O2S2/c1-5-7-8-9-17(13(3)4)21(18,19)15-10-14(12-20-15)11-16-6-2/h10,12-13,16H,5-9,11H2,1-4H3. The molecule has 0 amide bonds. The lowest BCUT2D eigenvalue weighted by Gasteiger charge is -2.25. The van der Waals surface area contributed by atoms with Crippen LogP contribution in [0.1, 0.15) is 52.5 Å². The summed E-state index contributed by atoms with van der Waals surface area (Å²) in [6, 6.07) is 1.80. The zero-order valence-electron chi connectivity index (χ0n) is 13.6. The minimum Gasteiger partial charge on any atom is -0.313 e. The smallest absolute Gasteiger partial charge is 0.252 e. The molecule has 122 valence electrons. The molecule has 0 bridgehead atoms. The summed E-state index contributed by atoms with van der Waals surface area (Å²) < 4.78 is 27.6. The summed E-state index contributed by atoms with van der Waals surface area (Å²) in [6.07, 6.45) is 3.08. The van der Waals surface area contributed by atoms with Crippen molar-refractivity contribution >= 4 is 21.4 Å². The molecule has 0 spiro atoms. The molecule has 0 aliphatic carbocycles. The van der Waals surface area contributed by atoms with Gasteiger partial charge in [0.1, 0.15) is 4.21 Å². The normalized spacial score (nSPS) is 12.5. The summed E-state index contributed by atoms with van der Waals surface area (Å²) in [5.41, 5.74) is 1.04. The first-order chi connectivity index (χ1) is 9.93. The Balaban J connectivity index is 2.86. The highest BCUT2D eigenvalue weighted by atomic mass is 32.2. The lowest BCUT2D eigenvalue weighted by Crippen LogP contribution is -2.37. The van der Waals surface area contributed by atoms with Gasteiger partial charge in [0.2, 0.25) is 0 Å². The van der Waals surface area contributed by atoms with Crippen LogP contribution in [0.15, 0.2) is 15.7 Å². The van der Waals surface area contributed by atoms with Gasteiger partial charge in [-0.1, -0.05) is 26.7 Å². The molecule has 1 aromatic heterocycles. The quantitative estimate of drug-likeness (QED) is 0.668. The Labute approximate surface area is 133 Å². The van der Waals surface area contributed by atoms with Crippen LogP contribution in [0.2, 0.25) is 0 Å². The van der Waals surface area contributed by atoms with Crippen molar-refractivity contribution in [1.82, 2.24) is 9.62 Å². The SMILES string of the molecule is CCCCCN(C(C)C)S(=O)(=O)c1cc(CNCC)cs1. The predicted molar refractivity (Wildman–Crippen MR) is 90.3 cm³/mol. The molecule has 1 aromatic rings. The molecule has 0 fully saturated rings. The molecule has 1 heterocycles. The summed E-state index contributed by atoms with van der Waals surface area (Å²) in [7, 11) is -3.36. The second-order valence-corrected chi connectivity index (χ2v) is 8.50. The maximum Gasteiger partial charge on any atom is 0.252 e. The van der Waals surface area contributed by atoms with Gasteiger partial charge in [0.05, 0.1) is 0 Å². The molecular weight excluding hydrogens is 304 g/mol. The lowest BCUT2D eigenvalue weighted by atomic mass is 10.2. The van der Waals surface area contributed by atoms with E-state index in [1.165, 1.54) is 11.3 Å². The van der Waals surface area contributed by atoms with Gasteiger partial charge < -0.3 is 5.32 Å². The number of nitrogens with one attached hydrogen (secondary N) is 1. The third kappa shape index (κ3) is 5.36. The van der Waals surface area contributed by atoms with Crippen LogP contribution >= 0.6 is 11.3 Å². The molecule has 0 radical (unpaired) electrons. The average molecular weight is 333 g/mol. The van der Waals surface area contributed by atoms with E-state index in [-0.39, 0.29) is 6.04 Å². The Bertz CT molecular complexity index is 509. The van der Waals surface area contributed by atoms with Gasteiger partial charge in [0.25, 0.3) is 10.0 Å². The minimum absolute atomic E-state index is 0.00817. The zero-order chi connectivity index (χ0) is 15.9. The Morgan fingerprint density at radius 2 is 2.00 bits per heavy atom. The zero-order valence-corrected chi connectivity index (χ0v) is 15.2. The molecule has 0 aliphatic heterocycles. The van der Waals surface area contributed by atoms with Gasteiger partial charge >= 0.3 is 0 Å². The first kappa shape index (κ1) is 18.6. The molecule has 6 heteroatoms. The van der Waals surface area contributed by atoms with Crippen LogP contribution in [0.5, 0.6) is 0 Å². The number of hydrogen-bond acceptors (Lipinski definition) is 4. The number of sulfonamides is 1. The van der Waals surface area contributed by atoms with Crippen LogP contribution in [0.3, 0.4) is 0 Å². The van der Waals surface area contributed by atoms with Gasteiger partial charge in [-0.25, -0.2) is 8.42 Å². The molecular formula is C15H28N2O2S2. The van der Waals surface area contributed by atoms with E-state index in [4.69, 9.17) is 0 Å². The molecule has 0 saturated heterocycles. The Morgan fingerprint density at radius 1 is 1.29 bits per heavy atom. The summed E-state index contributed by atoms with van der Waals surface area (Å²) in [5.74, 6) is 0. The van der Waals surface area contributed by atoms with Crippen molar-refractivity contribution in [1.29, 1.82) is 0 Å². The third-order valence-corrected chi connectivity index (χ3v) is 6.87. The molecule has 0 unspecified atom stereocenters. The fraction of sp³-hybridized carbons (Fsp3) is 0.733. The monoisotopic (exact) mass is 332 g/mol. The molecule has 0 saturated carbocycles. The molecule has 1 N–H and O–H groups in total. The fourth-order valence-electron chi connectivity index (χ4n) is 2.14. The summed E-state index contributed by atoms with van der Waals surface area (Å²) in [6.45, 7) is 10.3. The number of hydrogen-bond donors (Lipinski definition) is 1. The fourth-order valence-corrected chi connectivity index (χ4v) is 5.15. The van der Waals surface area contributed by atoms with Crippen molar-refractivity contribution in [3.05, 3.63) is 17.0 Å². The average Bonchev–Trinajstić information content (AvgIpc) is 2.90. The number of rotatable bonds is 10.